The molecule has 2 N–H and O–H groups in total. The van der Waals surface area contributed by atoms with Crippen molar-refractivity contribution in [2.45, 2.75) is 11.5 Å². The summed E-state index contributed by atoms with van der Waals surface area (Å²) in [6.45, 7) is -0.225. The predicted molar refractivity (Wildman–Crippen MR) is 51.5 cm³/mol. The first-order valence-corrected chi connectivity index (χ1v) is 5.75. The number of aliphatic hydroxyl groups is 1. The highest BCUT2D eigenvalue weighted by molar-refractivity contribution is 7.86. The Labute approximate surface area is 87.1 Å². The van der Waals surface area contributed by atoms with Crippen LogP contribution in [0.25, 0.3) is 0 Å². The quantitative estimate of drug-likeness (QED) is 0.675. The molecule has 0 fully saturated rings. The van der Waals surface area contributed by atoms with Crippen LogP contribution in [0.5, 0.6) is 0 Å². The minimum atomic E-state index is -4.61. The summed E-state index contributed by atoms with van der Waals surface area (Å²) in [6, 6.07) is 6.41. The fraction of sp³-hybridized carbons (Fsp3) is 0.333. The van der Waals surface area contributed by atoms with E-state index in [1.54, 1.807) is 18.2 Å². The zero-order chi connectivity index (χ0) is 11.1. The number of rotatable bonds is 1. The molecule has 5 nitrogen and oxygen atoms in total. The SMILES string of the molecule is O=S(=O)(O)C1(O)COCc2ccccc21. The van der Waals surface area contributed by atoms with E-state index in [1.165, 1.54) is 6.07 Å². The summed E-state index contributed by atoms with van der Waals surface area (Å²) in [5.41, 5.74) is 0.739. The van der Waals surface area contributed by atoms with E-state index in [0.717, 1.165) is 0 Å². The van der Waals surface area contributed by atoms with Crippen LogP contribution in [0, 0.1) is 0 Å². The van der Waals surface area contributed by atoms with Gasteiger partial charge in [-0.25, -0.2) is 0 Å². The normalized spacial score (nSPS) is 26.0. The van der Waals surface area contributed by atoms with Gasteiger partial charge >= 0.3 is 10.1 Å². The molecule has 0 saturated carbocycles. The molecule has 1 unspecified atom stereocenters. The van der Waals surface area contributed by atoms with Crippen molar-refractivity contribution >= 4 is 10.1 Å². The van der Waals surface area contributed by atoms with Crippen LogP contribution in [0.2, 0.25) is 0 Å². The van der Waals surface area contributed by atoms with Crippen LogP contribution >= 0.6 is 0 Å². The number of hydrogen-bond donors (Lipinski definition) is 2. The van der Waals surface area contributed by atoms with Crippen molar-refractivity contribution in [1.29, 1.82) is 0 Å². The molecular weight excluding hydrogens is 220 g/mol. The lowest BCUT2D eigenvalue weighted by molar-refractivity contribution is -0.0234. The van der Waals surface area contributed by atoms with E-state index < -0.39 is 21.7 Å². The van der Waals surface area contributed by atoms with E-state index >= 15 is 0 Å². The Morgan fingerprint density at radius 1 is 1.33 bits per heavy atom. The van der Waals surface area contributed by atoms with Crippen LogP contribution in [0.4, 0.5) is 0 Å². The fourth-order valence-electron chi connectivity index (χ4n) is 1.62. The molecule has 0 spiro atoms. The minimum absolute atomic E-state index is 0.179. The zero-order valence-corrected chi connectivity index (χ0v) is 8.57. The Morgan fingerprint density at radius 3 is 2.67 bits per heavy atom. The summed E-state index contributed by atoms with van der Waals surface area (Å²) in [5.74, 6) is 0. The molecule has 0 saturated heterocycles. The molecule has 0 aromatic heterocycles. The van der Waals surface area contributed by atoms with Crippen molar-refractivity contribution in [3.63, 3.8) is 0 Å². The van der Waals surface area contributed by atoms with Gasteiger partial charge in [-0.2, -0.15) is 8.42 Å². The Balaban J connectivity index is 2.65. The maximum atomic E-state index is 11.1. The van der Waals surface area contributed by atoms with Gasteiger partial charge in [0, 0.05) is 5.56 Å². The summed E-state index contributed by atoms with van der Waals surface area (Å²) in [6.07, 6.45) is 0. The molecular formula is C9H10O5S. The van der Waals surface area contributed by atoms with Crippen LogP contribution in [0.15, 0.2) is 24.3 Å². The predicted octanol–water partition coefficient (Wildman–Crippen LogP) is 0.250. The van der Waals surface area contributed by atoms with Gasteiger partial charge in [-0.15, -0.1) is 0 Å². The van der Waals surface area contributed by atoms with Crippen LogP contribution in [0.1, 0.15) is 11.1 Å². The molecule has 82 valence electrons. The van der Waals surface area contributed by atoms with Gasteiger partial charge in [0.2, 0.25) is 4.93 Å². The lowest BCUT2D eigenvalue weighted by Crippen LogP contribution is -2.43. The van der Waals surface area contributed by atoms with Crippen LogP contribution < -0.4 is 0 Å². The molecule has 0 aliphatic carbocycles. The van der Waals surface area contributed by atoms with Gasteiger partial charge in [0.15, 0.2) is 0 Å². The number of ether oxygens (including phenoxy) is 1. The van der Waals surface area contributed by atoms with E-state index in [4.69, 9.17) is 9.29 Å². The third kappa shape index (κ3) is 1.55. The summed E-state index contributed by atoms with van der Waals surface area (Å²) >= 11 is 0. The van der Waals surface area contributed by atoms with E-state index in [1.807, 2.05) is 0 Å². The summed E-state index contributed by atoms with van der Waals surface area (Å²) in [4.78, 5) is -2.35. The largest absolute Gasteiger partial charge is 0.372 e. The molecule has 1 aliphatic heterocycles. The van der Waals surface area contributed by atoms with Gasteiger partial charge in [0.1, 0.15) is 0 Å². The highest BCUT2D eigenvalue weighted by atomic mass is 32.2. The van der Waals surface area contributed by atoms with Crippen molar-refractivity contribution in [2.24, 2.45) is 0 Å². The van der Waals surface area contributed by atoms with Crippen molar-refractivity contribution < 1.29 is 22.8 Å². The molecule has 1 aromatic rings. The van der Waals surface area contributed by atoms with Crippen molar-refractivity contribution in [3.05, 3.63) is 35.4 Å². The second kappa shape index (κ2) is 3.28. The number of benzene rings is 1. The monoisotopic (exact) mass is 230 g/mol. The topological polar surface area (TPSA) is 83.8 Å². The average Bonchev–Trinajstić information content (AvgIpc) is 2.17. The van der Waals surface area contributed by atoms with Gasteiger partial charge in [0.25, 0.3) is 0 Å². The second-order valence-corrected chi connectivity index (χ2v) is 5.03. The first-order valence-electron chi connectivity index (χ1n) is 4.31. The molecule has 6 heteroatoms. The molecule has 15 heavy (non-hydrogen) atoms. The highest BCUT2D eigenvalue weighted by Gasteiger charge is 2.46. The van der Waals surface area contributed by atoms with E-state index in [0.29, 0.717) is 5.56 Å². The van der Waals surface area contributed by atoms with Crippen molar-refractivity contribution in [1.82, 2.24) is 0 Å². The van der Waals surface area contributed by atoms with Gasteiger partial charge in [0.05, 0.1) is 13.2 Å². The van der Waals surface area contributed by atoms with E-state index in [9.17, 15) is 13.5 Å². The third-order valence-corrected chi connectivity index (χ3v) is 3.61. The smallest absolute Gasteiger partial charge is 0.301 e. The maximum absolute atomic E-state index is 11.1. The van der Waals surface area contributed by atoms with Gasteiger partial charge in [-0.05, 0) is 5.56 Å². The lowest BCUT2D eigenvalue weighted by atomic mass is 10.0. The molecule has 0 bridgehead atoms. The van der Waals surface area contributed by atoms with Gasteiger partial charge < -0.3 is 9.84 Å². The Morgan fingerprint density at radius 2 is 2.00 bits per heavy atom. The molecule has 0 radical (unpaired) electrons. The molecule has 1 atom stereocenters. The third-order valence-electron chi connectivity index (χ3n) is 2.42. The van der Waals surface area contributed by atoms with Crippen LogP contribution in [-0.4, -0.2) is 24.7 Å². The molecule has 1 heterocycles. The Kier molecular flexibility index (Phi) is 2.31. The summed E-state index contributed by atoms with van der Waals surface area (Å²) < 4.78 is 36.1. The molecule has 1 aliphatic rings. The highest BCUT2D eigenvalue weighted by Crippen LogP contribution is 2.33. The standard InChI is InChI=1S/C9H10O5S/c10-9(15(11,12)13)6-14-5-7-3-1-2-4-8(7)9/h1-4,10H,5-6H2,(H,11,12,13). The molecule has 2 rings (SSSR count). The Bertz CT molecular complexity index is 481. The van der Waals surface area contributed by atoms with Gasteiger partial charge in [-0.3, -0.25) is 4.55 Å². The van der Waals surface area contributed by atoms with Crippen molar-refractivity contribution in [2.75, 3.05) is 6.61 Å². The maximum Gasteiger partial charge on any atom is 0.301 e. The average molecular weight is 230 g/mol. The lowest BCUT2D eigenvalue weighted by Gasteiger charge is -2.31. The van der Waals surface area contributed by atoms with Crippen molar-refractivity contribution in [3.8, 4) is 0 Å². The van der Waals surface area contributed by atoms with Crippen LogP contribution in [-0.2, 0) is 26.4 Å². The molecule has 0 amide bonds. The van der Waals surface area contributed by atoms with Crippen LogP contribution in [0.3, 0.4) is 0 Å². The minimum Gasteiger partial charge on any atom is -0.372 e. The zero-order valence-electron chi connectivity index (χ0n) is 7.75. The van der Waals surface area contributed by atoms with E-state index in [2.05, 4.69) is 0 Å². The summed E-state index contributed by atoms with van der Waals surface area (Å²) in [7, 11) is -4.61. The fourth-order valence-corrected chi connectivity index (χ4v) is 2.33. The Hall–Kier alpha value is -0.950. The summed E-state index contributed by atoms with van der Waals surface area (Å²) in [5, 5.41) is 9.90. The molecule has 1 aromatic carbocycles. The number of hydrogen-bond acceptors (Lipinski definition) is 4. The second-order valence-electron chi connectivity index (χ2n) is 3.41. The van der Waals surface area contributed by atoms with Gasteiger partial charge in [-0.1, -0.05) is 24.3 Å². The first-order chi connectivity index (χ1) is 6.95. The first kappa shape index (κ1) is 10.6. The van der Waals surface area contributed by atoms with E-state index in [-0.39, 0.29) is 12.2 Å². The number of fused-ring (bicyclic) bond motifs is 1.